The molecular formula is C133H109AlN5O. The fraction of sp³-hybridized carbons (Fsp3) is 0.120. The average molecular weight is 1820 g/mol. The molecule has 7 heteroatoms. The zero-order valence-electron chi connectivity index (χ0n) is 81.4. The number of hydrogen-bond donors (Lipinski definition) is 0. The third kappa shape index (κ3) is 15.8. The minimum Gasteiger partial charge on any atom is -0.649 e. The Bertz CT molecular complexity index is 8360. The van der Waals surface area contributed by atoms with Crippen LogP contribution in [0.3, 0.4) is 0 Å². The van der Waals surface area contributed by atoms with E-state index >= 15 is 0 Å². The minimum atomic E-state index is 0.0830. The fourth-order valence-electron chi connectivity index (χ4n) is 21.5. The summed E-state index contributed by atoms with van der Waals surface area (Å²) in [7, 11) is 0. The Kier molecular flexibility index (Phi) is 22.0. The lowest BCUT2D eigenvalue weighted by molar-refractivity contribution is 0.589. The van der Waals surface area contributed by atoms with E-state index in [1.807, 2.05) is 30.3 Å². The van der Waals surface area contributed by atoms with E-state index in [0.717, 1.165) is 50.8 Å². The summed E-state index contributed by atoms with van der Waals surface area (Å²) in [5, 5.41) is 30.1. The first-order chi connectivity index (χ1) is 67.9. The Morgan fingerprint density at radius 3 is 0.764 bits per heavy atom. The normalized spacial score (nSPS) is 12.2. The minimum absolute atomic E-state index is 0.0830. The number of fused-ring (bicyclic) bond motifs is 16. The van der Waals surface area contributed by atoms with Crippen molar-refractivity contribution in [2.24, 2.45) is 0 Å². The van der Waals surface area contributed by atoms with Gasteiger partial charge in [0.1, 0.15) is 11.3 Å². The third-order valence-electron chi connectivity index (χ3n) is 28.7. The van der Waals surface area contributed by atoms with E-state index < -0.39 is 0 Å². The number of nitrogens with zero attached hydrogens (tertiary/aromatic N) is 5. The lowest BCUT2D eigenvalue weighted by atomic mass is 9.76. The summed E-state index contributed by atoms with van der Waals surface area (Å²) in [5.41, 5.74) is 25.9. The second-order valence-electron chi connectivity index (χ2n) is 41.7. The zero-order valence-corrected chi connectivity index (χ0v) is 82.8. The number of para-hydroxylation sites is 7. The van der Waals surface area contributed by atoms with Gasteiger partial charge in [-0.25, -0.2) is 0 Å². The molecule has 0 spiro atoms. The van der Waals surface area contributed by atoms with Crippen LogP contribution in [0.4, 0.5) is 17.1 Å². The molecule has 6 nitrogen and oxygen atoms in total. The summed E-state index contributed by atoms with van der Waals surface area (Å²) in [6.07, 6.45) is 1.77. The summed E-state index contributed by atoms with van der Waals surface area (Å²) in [6.45, 7) is 28.0. The first-order valence-electron chi connectivity index (χ1n) is 48.9. The summed E-state index contributed by atoms with van der Waals surface area (Å²) in [6, 6.07) is 157. The van der Waals surface area contributed by atoms with Crippen LogP contribution in [0.1, 0.15) is 105 Å². The van der Waals surface area contributed by atoms with Crippen LogP contribution >= 0.6 is 0 Å². The van der Waals surface area contributed by atoms with E-state index in [4.69, 9.17) is 3.79 Å². The van der Waals surface area contributed by atoms with Crippen LogP contribution in [0.25, 0.3) is 202 Å². The van der Waals surface area contributed by atoms with Crippen molar-refractivity contribution in [2.75, 3.05) is 4.90 Å². The van der Waals surface area contributed by atoms with Gasteiger partial charge in [0.15, 0.2) is 0 Å². The van der Waals surface area contributed by atoms with E-state index in [-0.39, 0.29) is 21.7 Å². The molecule has 4 aromatic heterocycles. The van der Waals surface area contributed by atoms with Gasteiger partial charge in [0.2, 0.25) is 0 Å². The molecule has 0 saturated carbocycles. The van der Waals surface area contributed by atoms with Gasteiger partial charge in [-0.3, -0.25) is 4.98 Å². The SMILES string of the molecule is CC(C)(C)c1cc2cc(C(C)(C)C)cc3c4cc(C(C)(C)C)cc5cc(C(C)(C)C)cc(c(c1)c23)c54.[AlH][O]c1cccc2cccnc12.c1ccc2c(c1)c1ccccc1n2-c1ccc(N(c2ccc(-n3c4ccccc4c4ccccc43)cc2)c2ccc(-n3c4ccccc4c4ccccc43)cc2)cc1.c1ccc2cc(-c3c4ccccc4c(-c4ccc5ccccc5c4)c4ccccc34)ccc2c1. The molecule has 0 fully saturated rings. The van der Waals surface area contributed by atoms with Crippen molar-refractivity contribution in [3.05, 3.63) is 459 Å². The molecule has 140 heavy (non-hydrogen) atoms. The summed E-state index contributed by atoms with van der Waals surface area (Å²) in [5.74, 6) is 0.839. The molecule has 0 aliphatic rings. The molecule has 0 atom stereocenters. The number of rotatable bonds is 9. The Morgan fingerprint density at radius 2 is 0.479 bits per heavy atom. The highest BCUT2D eigenvalue weighted by atomic mass is 27.1. The van der Waals surface area contributed by atoms with Gasteiger partial charge in [0.05, 0.1) is 33.1 Å². The predicted molar refractivity (Wildman–Crippen MR) is 603 cm³/mol. The molecule has 4 heterocycles. The smallest absolute Gasteiger partial charge is 0.494 e. The quantitative estimate of drug-likeness (QED) is 0.0821. The van der Waals surface area contributed by atoms with Crippen molar-refractivity contribution in [1.82, 2.24) is 18.7 Å². The van der Waals surface area contributed by atoms with Crippen LogP contribution in [0.5, 0.6) is 5.75 Å². The fourth-order valence-corrected chi connectivity index (χ4v) is 21.8. The van der Waals surface area contributed by atoms with E-state index in [0.29, 0.717) is 0 Å². The van der Waals surface area contributed by atoms with Crippen molar-refractivity contribution in [3.8, 4) is 45.1 Å². The second kappa shape index (κ2) is 35.0. The highest BCUT2D eigenvalue weighted by molar-refractivity contribution is 6.34. The maximum absolute atomic E-state index is 5.19. The molecule has 0 aliphatic carbocycles. The van der Waals surface area contributed by atoms with Crippen molar-refractivity contribution in [1.29, 1.82) is 0 Å². The number of pyridine rings is 1. The summed E-state index contributed by atoms with van der Waals surface area (Å²) >= 11 is 1.47. The molecule has 0 aliphatic heterocycles. The van der Waals surface area contributed by atoms with Gasteiger partial charge >= 0.3 is 16.6 Å². The van der Waals surface area contributed by atoms with Gasteiger partial charge in [-0.2, -0.15) is 0 Å². The second-order valence-corrected chi connectivity index (χ2v) is 42.0. The lowest BCUT2D eigenvalue weighted by Gasteiger charge is -2.28. The van der Waals surface area contributed by atoms with Gasteiger partial charge in [-0.15, -0.1) is 0 Å². The van der Waals surface area contributed by atoms with Gasteiger partial charge in [-0.05, 0) is 310 Å². The van der Waals surface area contributed by atoms with Crippen LogP contribution in [-0.2, 0) is 21.7 Å². The molecule has 675 valence electrons. The lowest BCUT2D eigenvalue weighted by Crippen LogP contribution is -2.14. The van der Waals surface area contributed by atoms with Crippen molar-refractivity contribution in [3.63, 3.8) is 0 Å². The molecule has 26 rings (SSSR count). The number of hydrogen-bond acceptors (Lipinski definition) is 3. The van der Waals surface area contributed by atoms with Gasteiger partial charge in [0, 0.05) is 78.0 Å². The molecule has 0 bridgehead atoms. The standard InChI is InChI=1S/C54H36N4.C36H44.C34H22.C9H7NO.Al.H/c1-7-19-49-43(13-1)44-14-2-8-20-50(44)56(49)40-31-25-37(26-32-40)55(38-27-33-41(34-28-38)57-51-21-9-3-15-45(51)46-16-4-10-22-52(46)57)39-29-35-42(36-30-39)58-53-23-11-5-17-47(53)48-18-6-12-24-54(48)58;1-33(2,3)23-13-21-14-24(34(4,5)6)19-29-30-20-26(36(10,11)12)16-22-15-25(35(7,8)9)18-28(32(22)30)27(17-23)31(21)29;1-3-11-25-21-27(19-17-23(25)9-1)33-29-13-5-7-15-31(29)34(32-16-8-6-14-30(32)33)28-20-18-24-10-2-4-12-26(24)22-28;11-8-5-1-3-7-4-2-6-10-9(7)8;;/h1-36H;13-20H,1-12H3;1-22H;1-6,11H;;/q;;;;+1;/p-1. The molecule has 0 amide bonds. The highest BCUT2D eigenvalue weighted by Gasteiger charge is 2.29. The van der Waals surface area contributed by atoms with E-state index in [9.17, 15) is 0 Å². The van der Waals surface area contributed by atoms with Crippen LogP contribution in [-0.4, -0.2) is 35.3 Å². The van der Waals surface area contributed by atoms with Gasteiger partial charge < -0.3 is 22.4 Å². The van der Waals surface area contributed by atoms with Crippen molar-refractivity contribution < 1.29 is 3.79 Å². The topological polar surface area (TPSA) is 40.1 Å². The van der Waals surface area contributed by atoms with Crippen LogP contribution in [0, 0.1) is 0 Å². The molecule has 22 aromatic carbocycles. The van der Waals surface area contributed by atoms with Crippen molar-refractivity contribution >= 4 is 196 Å². The molecule has 0 N–H and O–H groups in total. The molecule has 26 aromatic rings. The van der Waals surface area contributed by atoms with Crippen LogP contribution in [0.2, 0.25) is 0 Å². The van der Waals surface area contributed by atoms with Crippen LogP contribution < -0.4 is 8.69 Å². The van der Waals surface area contributed by atoms with Crippen molar-refractivity contribution in [2.45, 2.75) is 105 Å². The maximum atomic E-state index is 5.19. The van der Waals surface area contributed by atoms with E-state index in [1.165, 1.54) is 213 Å². The first kappa shape index (κ1) is 88.1. The number of aromatic nitrogens is 4. The Morgan fingerprint density at radius 1 is 0.221 bits per heavy atom. The Balaban J connectivity index is 0.000000115. The van der Waals surface area contributed by atoms with Gasteiger partial charge in [0.25, 0.3) is 0 Å². The number of benzene rings is 22. The Labute approximate surface area is 826 Å². The third-order valence-corrected chi connectivity index (χ3v) is 29.1. The summed E-state index contributed by atoms with van der Waals surface area (Å²) in [4.78, 5) is 6.59. The average Bonchev–Trinajstić information content (AvgIpc) is 1.48. The molecule has 0 saturated heterocycles. The summed E-state index contributed by atoms with van der Waals surface area (Å²) < 4.78 is 12.3. The number of anilines is 3. The largest absolute Gasteiger partial charge is 0.649 e. The van der Waals surface area contributed by atoms with E-state index in [1.54, 1.807) is 6.20 Å². The van der Waals surface area contributed by atoms with Crippen LogP contribution in [0.15, 0.2) is 437 Å². The van der Waals surface area contributed by atoms with Gasteiger partial charge in [-0.1, -0.05) is 356 Å². The monoisotopic (exact) mass is 1820 g/mol. The first-order valence-corrected chi connectivity index (χ1v) is 49.5. The molecule has 1 radical (unpaired) electrons. The van der Waals surface area contributed by atoms with E-state index in [2.05, 4.69) is 507 Å². The predicted octanol–water partition coefficient (Wildman–Crippen LogP) is 36.4. The maximum Gasteiger partial charge on any atom is 0.494 e. The Hall–Kier alpha value is -15.9. The highest BCUT2D eigenvalue weighted by Crippen LogP contribution is 2.51. The zero-order chi connectivity index (χ0) is 95.6. The molecule has 0 unspecified atom stereocenters. The molecular weight excluding hydrogens is 1710 g/mol.